The van der Waals surface area contributed by atoms with Gasteiger partial charge in [-0.25, -0.2) is 4.39 Å². The molecule has 1 aliphatic rings. The van der Waals surface area contributed by atoms with E-state index in [1.807, 2.05) is 11.8 Å². The summed E-state index contributed by atoms with van der Waals surface area (Å²) in [6.45, 7) is 2.60. The minimum absolute atomic E-state index is 0.130. The fourth-order valence-corrected chi connectivity index (χ4v) is 2.63. The van der Waals surface area contributed by atoms with Gasteiger partial charge in [-0.15, -0.1) is 0 Å². The molecule has 2 rings (SSSR count). The van der Waals surface area contributed by atoms with E-state index in [-0.39, 0.29) is 24.6 Å². The molecule has 1 heterocycles. The Bertz CT molecular complexity index is 559. The zero-order chi connectivity index (χ0) is 17.7. The van der Waals surface area contributed by atoms with Gasteiger partial charge in [0, 0.05) is 20.1 Å². The van der Waals surface area contributed by atoms with Gasteiger partial charge in [-0.05, 0) is 24.6 Å². The lowest BCUT2D eigenvalue weighted by atomic mass is 10.1. The molecular weight excluding hydrogens is 326 g/mol. The maximum absolute atomic E-state index is 13.1. The molecule has 4 nitrogen and oxygen atoms in total. The van der Waals surface area contributed by atoms with Crippen LogP contribution in [0.1, 0.15) is 25.0 Å². The molecule has 1 aromatic rings. The number of nitrogens with one attached hydrogen (secondary N) is 1. The van der Waals surface area contributed by atoms with Gasteiger partial charge in [-0.2, -0.15) is 13.2 Å². The van der Waals surface area contributed by atoms with Crippen molar-refractivity contribution in [1.82, 2.24) is 10.2 Å². The van der Waals surface area contributed by atoms with Gasteiger partial charge in [0.05, 0.1) is 19.1 Å². The summed E-state index contributed by atoms with van der Waals surface area (Å²) >= 11 is 0. The number of aliphatic imine (C=N–C) groups is 1. The second-order valence-electron chi connectivity index (χ2n) is 5.73. The molecule has 1 aliphatic heterocycles. The van der Waals surface area contributed by atoms with E-state index in [0.717, 1.165) is 5.56 Å². The first-order valence-electron chi connectivity index (χ1n) is 7.72. The van der Waals surface area contributed by atoms with Gasteiger partial charge in [-0.3, -0.25) is 4.99 Å². The summed E-state index contributed by atoms with van der Waals surface area (Å²) in [5.41, 5.74) is 0.818. The van der Waals surface area contributed by atoms with Crippen LogP contribution in [0.25, 0.3) is 0 Å². The summed E-state index contributed by atoms with van der Waals surface area (Å²) in [6.07, 6.45) is -5.56. The normalized spacial score (nSPS) is 22.6. The fourth-order valence-electron chi connectivity index (χ4n) is 2.63. The van der Waals surface area contributed by atoms with Crippen LogP contribution < -0.4 is 5.32 Å². The van der Waals surface area contributed by atoms with Crippen molar-refractivity contribution in [3.05, 3.63) is 35.6 Å². The van der Waals surface area contributed by atoms with Gasteiger partial charge in [-0.1, -0.05) is 12.1 Å². The Labute approximate surface area is 138 Å². The number of hydrogen-bond donors (Lipinski definition) is 1. The Morgan fingerprint density at radius 3 is 2.54 bits per heavy atom. The Kier molecular flexibility index (Phi) is 6.04. The molecule has 2 unspecified atom stereocenters. The Hall–Kier alpha value is -1.83. The highest BCUT2D eigenvalue weighted by Gasteiger charge is 2.30. The van der Waals surface area contributed by atoms with Crippen molar-refractivity contribution in [3.63, 3.8) is 0 Å². The molecule has 1 N–H and O–H groups in total. The molecule has 0 aromatic heterocycles. The summed E-state index contributed by atoms with van der Waals surface area (Å²) in [4.78, 5) is 5.92. The van der Waals surface area contributed by atoms with E-state index < -0.39 is 12.6 Å². The summed E-state index contributed by atoms with van der Waals surface area (Å²) in [5.74, 6) is 0.0746. The van der Waals surface area contributed by atoms with Crippen LogP contribution in [-0.4, -0.2) is 49.8 Å². The molecule has 0 radical (unpaired) electrons. The zero-order valence-electron chi connectivity index (χ0n) is 13.6. The van der Waals surface area contributed by atoms with Crippen LogP contribution in [0.2, 0.25) is 0 Å². The molecule has 2 atom stereocenters. The highest BCUT2D eigenvalue weighted by Crippen LogP contribution is 2.25. The van der Waals surface area contributed by atoms with Crippen LogP contribution in [0, 0.1) is 5.82 Å². The van der Waals surface area contributed by atoms with Crippen LogP contribution in [0.5, 0.6) is 0 Å². The molecule has 1 fully saturated rings. The number of nitrogens with zero attached hydrogens (tertiary/aromatic N) is 2. The van der Waals surface area contributed by atoms with Crippen LogP contribution in [-0.2, 0) is 4.74 Å². The Morgan fingerprint density at radius 2 is 1.96 bits per heavy atom. The van der Waals surface area contributed by atoms with Crippen molar-refractivity contribution < 1.29 is 22.3 Å². The smallest absolute Gasteiger partial charge is 0.367 e. The molecule has 1 aromatic carbocycles. The molecule has 0 saturated carbocycles. The number of halogens is 4. The highest BCUT2D eigenvalue weighted by atomic mass is 19.4. The van der Waals surface area contributed by atoms with Gasteiger partial charge in [0.15, 0.2) is 5.96 Å². The Morgan fingerprint density at radius 1 is 1.29 bits per heavy atom. The fraction of sp³-hybridized carbons (Fsp3) is 0.562. The molecular formula is C16H21F4N3O. The van der Waals surface area contributed by atoms with Crippen LogP contribution in [0.4, 0.5) is 17.6 Å². The molecule has 134 valence electrons. The number of morpholine rings is 1. The summed E-state index contributed by atoms with van der Waals surface area (Å²) in [7, 11) is 1.53. The maximum atomic E-state index is 13.1. The van der Waals surface area contributed by atoms with Gasteiger partial charge in [0.2, 0.25) is 0 Å². The molecule has 0 spiro atoms. The number of rotatable bonds is 3. The molecule has 0 aliphatic carbocycles. The molecule has 8 heteroatoms. The van der Waals surface area contributed by atoms with Gasteiger partial charge in [0.1, 0.15) is 11.9 Å². The van der Waals surface area contributed by atoms with Crippen LogP contribution in [0.3, 0.4) is 0 Å². The minimum atomic E-state index is -4.21. The predicted octanol–water partition coefficient (Wildman–Crippen LogP) is 3.12. The summed E-state index contributed by atoms with van der Waals surface area (Å²) in [5, 5.41) is 2.74. The van der Waals surface area contributed by atoms with E-state index in [0.29, 0.717) is 19.0 Å². The standard InChI is InChI=1S/C16H21F4N3O/c1-11-9-23(15(21-2)22-8-7-16(18,19)20)10-14(24-11)12-3-5-13(17)6-4-12/h3-6,11,14H,7-10H2,1-2H3,(H,21,22). The quantitative estimate of drug-likeness (QED) is 0.519. The van der Waals surface area contributed by atoms with E-state index in [2.05, 4.69) is 10.3 Å². The monoisotopic (exact) mass is 347 g/mol. The molecule has 1 saturated heterocycles. The van der Waals surface area contributed by atoms with Crippen molar-refractivity contribution in [3.8, 4) is 0 Å². The first kappa shape index (κ1) is 18.5. The third-order valence-electron chi connectivity index (χ3n) is 3.70. The van der Waals surface area contributed by atoms with Crippen molar-refractivity contribution >= 4 is 5.96 Å². The lowest BCUT2D eigenvalue weighted by molar-refractivity contribution is -0.133. The number of benzene rings is 1. The molecule has 24 heavy (non-hydrogen) atoms. The Balaban J connectivity index is 2.01. The maximum Gasteiger partial charge on any atom is 0.390 e. The van der Waals surface area contributed by atoms with E-state index in [9.17, 15) is 17.6 Å². The largest absolute Gasteiger partial charge is 0.390 e. The second kappa shape index (κ2) is 7.83. The lowest BCUT2D eigenvalue weighted by Crippen LogP contribution is -2.51. The van der Waals surface area contributed by atoms with E-state index in [1.165, 1.54) is 19.2 Å². The summed E-state index contributed by atoms with van der Waals surface area (Å²) < 4.78 is 55.8. The molecule has 0 bridgehead atoms. The van der Waals surface area contributed by atoms with Gasteiger partial charge < -0.3 is 15.0 Å². The highest BCUT2D eigenvalue weighted by molar-refractivity contribution is 5.80. The second-order valence-corrected chi connectivity index (χ2v) is 5.73. The molecule has 0 amide bonds. The van der Waals surface area contributed by atoms with Crippen molar-refractivity contribution in [2.75, 3.05) is 26.7 Å². The SMILES string of the molecule is CN=C(NCCC(F)(F)F)N1CC(C)OC(c2ccc(F)cc2)C1. The van der Waals surface area contributed by atoms with Crippen molar-refractivity contribution in [2.45, 2.75) is 31.7 Å². The number of hydrogen-bond acceptors (Lipinski definition) is 2. The lowest BCUT2D eigenvalue weighted by Gasteiger charge is -2.38. The zero-order valence-corrected chi connectivity index (χ0v) is 13.6. The first-order chi connectivity index (χ1) is 11.3. The summed E-state index contributed by atoms with van der Waals surface area (Å²) in [6, 6.07) is 6.02. The first-order valence-corrected chi connectivity index (χ1v) is 7.72. The average molecular weight is 347 g/mol. The van der Waals surface area contributed by atoms with Gasteiger partial charge in [0.25, 0.3) is 0 Å². The average Bonchev–Trinajstić information content (AvgIpc) is 2.50. The van der Waals surface area contributed by atoms with E-state index in [1.54, 1.807) is 12.1 Å². The third-order valence-corrected chi connectivity index (χ3v) is 3.70. The van der Waals surface area contributed by atoms with Crippen LogP contribution in [0.15, 0.2) is 29.3 Å². The van der Waals surface area contributed by atoms with Crippen molar-refractivity contribution in [2.24, 2.45) is 4.99 Å². The third kappa shape index (κ3) is 5.36. The van der Waals surface area contributed by atoms with E-state index >= 15 is 0 Å². The number of guanidine groups is 1. The predicted molar refractivity (Wildman–Crippen MR) is 83.3 cm³/mol. The van der Waals surface area contributed by atoms with Gasteiger partial charge >= 0.3 is 6.18 Å². The number of alkyl halides is 3. The topological polar surface area (TPSA) is 36.9 Å². The minimum Gasteiger partial charge on any atom is -0.367 e. The van der Waals surface area contributed by atoms with Crippen molar-refractivity contribution in [1.29, 1.82) is 0 Å². The number of ether oxygens (including phenoxy) is 1. The van der Waals surface area contributed by atoms with Crippen LogP contribution >= 0.6 is 0 Å². The van der Waals surface area contributed by atoms with E-state index in [4.69, 9.17) is 4.74 Å².